The van der Waals surface area contributed by atoms with E-state index in [1.165, 1.54) is 41.5 Å². The molecule has 8 nitrogen and oxygen atoms in total. The molecule has 3 aromatic carbocycles. The second-order valence-electron chi connectivity index (χ2n) is 9.09. The average Bonchev–Trinajstić information content (AvgIpc) is 3.58. The normalized spacial score (nSPS) is 16.8. The molecule has 1 saturated heterocycles. The first-order valence-corrected chi connectivity index (χ1v) is 12.5. The van der Waals surface area contributed by atoms with Gasteiger partial charge in [-0.25, -0.2) is 4.39 Å². The number of likely N-dealkylation sites (tertiary alicyclic amines) is 1. The number of rotatable bonds is 8. The van der Waals surface area contributed by atoms with Gasteiger partial charge >= 0.3 is 0 Å². The molecule has 1 N–H and O–H groups in total. The van der Waals surface area contributed by atoms with Crippen molar-refractivity contribution < 1.29 is 18.7 Å². The van der Waals surface area contributed by atoms with Crippen molar-refractivity contribution in [2.45, 2.75) is 25.4 Å². The molecule has 0 spiro atoms. The van der Waals surface area contributed by atoms with Crippen LogP contribution in [0.1, 0.15) is 12.0 Å². The average molecular weight is 534 g/mol. The fourth-order valence-electron chi connectivity index (χ4n) is 4.58. The van der Waals surface area contributed by atoms with Crippen LogP contribution in [0.5, 0.6) is 11.5 Å². The maximum Gasteiger partial charge on any atom is 0.247 e. The van der Waals surface area contributed by atoms with Crippen LogP contribution in [0.15, 0.2) is 85.2 Å². The molecule has 4 aromatic rings. The summed E-state index contributed by atoms with van der Waals surface area (Å²) in [6.45, 7) is 0.374. The number of ether oxygens (including phenoxy) is 1. The van der Waals surface area contributed by atoms with Gasteiger partial charge in [0.05, 0.1) is 12.4 Å². The molecule has 2 amide bonds. The van der Waals surface area contributed by atoms with Gasteiger partial charge in [-0.1, -0.05) is 29.8 Å². The van der Waals surface area contributed by atoms with Crippen molar-refractivity contribution in [3.8, 4) is 11.5 Å². The van der Waals surface area contributed by atoms with Crippen LogP contribution in [-0.2, 0) is 22.6 Å². The van der Waals surface area contributed by atoms with Crippen LogP contribution >= 0.6 is 11.6 Å². The number of carbonyl (C=O) groups is 2. The third-order valence-electron chi connectivity index (χ3n) is 6.39. The predicted octanol–water partition coefficient (Wildman–Crippen LogP) is 4.96. The molecular formula is C28H25ClFN5O3. The summed E-state index contributed by atoms with van der Waals surface area (Å²) in [7, 11) is 0. The number of nitrogens with zero attached hydrogens (tertiary/aromatic N) is 4. The first kappa shape index (κ1) is 25.4. The summed E-state index contributed by atoms with van der Waals surface area (Å²) in [5.41, 5.74) is 1.55. The largest absolute Gasteiger partial charge is 0.457 e. The summed E-state index contributed by atoms with van der Waals surface area (Å²) in [6, 6.07) is 19.5. The number of aromatic nitrogens is 3. The van der Waals surface area contributed by atoms with Crippen LogP contribution in [0.4, 0.5) is 10.1 Å². The quantitative estimate of drug-likeness (QED) is 0.346. The molecule has 0 unspecified atom stereocenters. The molecule has 1 fully saturated rings. The smallest absolute Gasteiger partial charge is 0.247 e. The molecule has 38 heavy (non-hydrogen) atoms. The van der Waals surface area contributed by atoms with E-state index in [-0.39, 0.29) is 30.1 Å². The Labute approximate surface area is 224 Å². The summed E-state index contributed by atoms with van der Waals surface area (Å²) in [5, 5.41) is 11.6. The maximum atomic E-state index is 13.4. The first-order chi connectivity index (χ1) is 18.4. The van der Waals surface area contributed by atoms with E-state index in [0.717, 1.165) is 5.56 Å². The van der Waals surface area contributed by atoms with Gasteiger partial charge in [0.1, 0.15) is 29.9 Å². The van der Waals surface area contributed by atoms with Crippen molar-refractivity contribution in [2.24, 2.45) is 5.92 Å². The topological polar surface area (TPSA) is 89.4 Å². The molecule has 0 radical (unpaired) electrons. The standard InChI is InChI=1S/C28H25ClFN5O3/c29-25-4-2-1-3-20(25)15-19-16-26(34(17-19)27(36)18-35-31-13-14-32-35)28(37)33-22-7-11-24(12-8-22)38-23-9-5-21(30)6-10-23/h1-14,19,26H,15-18H2,(H,33,37)/t19-,26+/m1/s1. The number of hydrogen-bond acceptors (Lipinski definition) is 5. The number of carbonyl (C=O) groups excluding carboxylic acids is 2. The molecule has 1 aliphatic rings. The Morgan fingerprint density at radius 3 is 2.32 bits per heavy atom. The minimum atomic E-state index is -0.652. The molecule has 1 aromatic heterocycles. The Kier molecular flexibility index (Phi) is 7.65. The van der Waals surface area contributed by atoms with Crippen LogP contribution in [0.25, 0.3) is 0 Å². The Hall–Kier alpha value is -4.24. The number of amides is 2. The van der Waals surface area contributed by atoms with Crippen LogP contribution in [-0.4, -0.2) is 44.3 Å². The number of hydrogen-bond donors (Lipinski definition) is 1. The molecule has 0 bridgehead atoms. The van der Waals surface area contributed by atoms with Gasteiger partial charge in [-0.05, 0) is 78.9 Å². The fourth-order valence-corrected chi connectivity index (χ4v) is 4.79. The van der Waals surface area contributed by atoms with E-state index in [0.29, 0.717) is 41.6 Å². The number of benzene rings is 3. The van der Waals surface area contributed by atoms with Gasteiger partial charge in [-0.3, -0.25) is 9.59 Å². The zero-order valence-electron chi connectivity index (χ0n) is 20.3. The van der Waals surface area contributed by atoms with E-state index in [1.807, 2.05) is 24.3 Å². The Morgan fingerprint density at radius 1 is 0.974 bits per heavy atom. The van der Waals surface area contributed by atoms with Crippen LogP contribution in [0, 0.1) is 11.7 Å². The van der Waals surface area contributed by atoms with Gasteiger partial charge in [0.25, 0.3) is 0 Å². The zero-order chi connectivity index (χ0) is 26.5. The molecule has 10 heteroatoms. The highest BCUT2D eigenvalue weighted by atomic mass is 35.5. The number of halogens is 2. The minimum absolute atomic E-state index is 0.0506. The van der Waals surface area contributed by atoms with Crippen molar-refractivity contribution in [1.82, 2.24) is 19.9 Å². The van der Waals surface area contributed by atoms with Crippen molar-refractivity contribution in [3.63, 3.8) is 0 Å². The zero-order valence-corrected chi connectivity index (χ0v) is 21.1. The Bertz CT molecular complexity index is 1400. The molecule has 2 atom stereocenters. The Balaban J connectivity index is 1.27. The van der Waals surface area contributed by atoms with E-state index in [2.05, 4.69) is 15.5 Å². The van der Waals surface area contributed by atoms with E-state index >= 15 is 0 Å². The predicted molar refractivity (Wildman–Crippen MR) is 140 cm³/mol. The lowest BCUT2D eigenvalue weighted by atomic mass is 9.96. The van der Waals surface area contributed by atoms with Crippen molar-refractivity contribution >= 4 is 29.1 Å². The van der Waals surface area contributed by atoms with Gasteiger partial charge in [-0.2, -0.15) is 15.0 Å². The van der Waals surface area contributed by atoms with Crippen molar-refractivity contribution in [3.05, 3.63) is 102 Å². The second kappa shape index (κ2) is 11.4. The van der Waals surface area contributed by atoms with Crippen LogP contribution < -0.4 is 10.1 Å². The summed E-state index contributed by atoms with van der Waals surface area (Å²) in [6.07, 6.45) is 4.17. The summed E-state index contributed by atoms with van der Waals surface area (Å²) in [5.74, 6) is 0.251. The third-order valence-corrected chi connectivity index (χ3v) is 6.76. The van der Waals surface area contributed by atoms with E-state index in [9.17, 15) is 14.0 Å². The lowest BCUT2D eigenvalue weighted by molar-refractivity contribution is -0.137. The Morgan fingerprint density at radius 2 is 1.63 bits per heavy atom. The molecule has 2 heterocycles. The lowest BCUT2D eigenvalue weighted by Crippen LogP contribution is -2.44. The molecule has 1 aliphatic heterocycles. The highest BCUT2D eigenvalue weighted by molar-refractivity contribution is 6.31. The third kappa shape index (κ3) is 6.18. The minimum Gasteiger partial charge on any atom is -0.457 e. The number of anilines is 1. The highest BCUT2D eigenvalue weighted by Crippen LogP contribution is 2.30. The molecule has 5 rings (SSSR count). The van der Waals surface area contributed by atoms with Gasteiger partial charge < -0.3 is 15.0 Å². The SMILES string of the molecule is O=C(Nc1ccc(Oc2ccc(F)cc2)cc1)[C@@H]1C[C@@H](Cc2ccccc2Cl)CN1C(=O)Cn1nccn1. The van der Waals surface area contributed by atoms with E-state index in [1.54, 1.807) is 29.2 Å². The van der Waals surface area contributed by atoms with Gasteiger partial charge in [-0.15, -0.1) is 0 Å². The summed E-state index contributed by atoms with van der Waals surface area (Å²) >= 11 is 6.37. The highest BCUT2D eigenvalue weighted by Gasteiger charge is 2.39. The molecular weight excluding hydrogens is 509 g/mol. The first-order valence-electron chi connectivity index (χ1n) is 12.2. The monoisotopic (exact) mass is 533 g/mol. The van der Waals surface area contributed by atoms with E-state index in [4.69, 9.17) is 16.3 Å². The maximum absolute atomic E-state index is 13.4. The van der Waals surface area contributed by atoms with Crippen molar-refractivity contribution in [1.29, 1.82) is 0 Å². The molecule has 0 saturated carbocycles. The number of nitrogens with one attached hydrogen (secondary N) is 1. The summed E-state index contributed by atoms with van der Waals surface area (Å²) in [4.78, 5) is 29.4. The van der Waals surface area contributed by atoms with Gasteiger partial charge in [0.15, 0.2) is 0 Å². The van der Waals surface area contributed by atoms with Gasteiger partial charge in [0, 0.05) is 17.3 Å². The van der Waals surface area contributed by atoms with Crippen LogP contribution in [0.2, 0.25) is 5.02 Å². The molecule has 0 aliphatic carbocycles. The second-order valence-corrected chi connectivity index (χ2v) is 9.50. The van der Waals surface area contributed by atoms with E-state index < -0.39 is 6.04 Å². The lowest BCUT2D eigenvalue weighted by Gasteiger charge is -2.24. The fraction of sp³-hybridized carbons (Fsp3) is 0.214. The van der Waals surface area contributed by atoms with Gasteiger partial charge in [0.2, 0.25) is 11.8 Å². The van der Waals surface area contributed by atoms with Crippen molar-refractivity contribution in [2.75, 3.05) is 11.9 Å². The summed E-state index contributed by atoms with van der Waals surface area (Å²) < 4.78 is 18.8. The van der Waals surface area contributed by atoms with Crippen LogP contribution in [0.3, 0.4) is 0 Å². The molecule has 194 valence electrons.